The van der Waals surface area contributed by atoms with Gasteiger partial charge in [0.15, 0.2) is 5.78 Å². The third-order valence-electron chi connectivity index (χ3n) is 1.66. The Balaban J connectivity index is 2.41. The Kier molecular flexibility index (Phi) is 3.60. The highest BCUT2D eigenvalue weighted by Crippen LogP contribution is 1.99. The molecule has 0 aromatic rings. The molecule has 1 aliphatic rings. The lowest BCUT2D eigenvalue weighted by atomic mass is 10.1. The minimum atomic E-state index is -0.354. The van der Waals surface area contributed by atoms with Crippen LogP contribution in [0.15, 0.2) is 16.9 Å². The normalized spacial score (nSPS) is 21.8. The molecule has 0 spiro atoms. The molecule has 13 heavy (non-hydrogen) atoms. The number of nitrogens with one attached hydrogen (secondary N) is 1. The van der Waals surface area contributed by atoms with Crippen molar-refractivity contribution in [1.82, 2.24) is 5.32 Å². The molecule has 0 fully saturated rings. The zero-order valence-corrected chi connectivity index (χ0v) is 7.49. The summed E-state index contributed by atoms with van der Waals surface area (Å²) in [5.74, 6) is 0.291. The Hall–Kier alpha value is -1.20. The number of nitrogens with zero attached hydrogens (tertiary/aromatic N) is 1. The number of ketones is 1. The van der Waals surface area contributed by atoms with Gasteiger partial charge in [0.25, 0.3) is 0 Å². The number of hydrogen-bond acceptors (Lipinski definition) is 5. The molecule has 1 aliphatic heterocycles. The van der Waals surface area contributed by atoms with Gasteiger partial charge in [-0.25, -0.2) is 4.99 Å². The first-order valence-electron chi connectivity index (χ1n) is 4.01. The van der Waals surface area contributed by atoms with E-state index in [0.717, 1.165) is 0 Å². The summed E-state index contributed by atoms with van der Waals surface area (Å²) in [5, 5.41) is 2.98. The summed E-state index contributed by atoms with van der Waals surface area (Å²) in [4.78, 5) is 14.9. The summed E-state index contributed by atoms with van der Waals surface area (Å²) in [6.07, 6.45) is 2.83. The molecule has 0 aromatic carbocycles. The van der Waals surface area contributed by atoms with E-state index in [4.69, 9.17) is 10.5 Å². The fourth-order valence-corrected chi connectivity index (χ4v) is 0.990. The highest BCUT2D eigenvalue weighted by molar-refractivity contribution is 6.31. The molecule has 0 radical (unpaired) electrons. The van der Waals surface area contributed by atoms with Gasteiger partial charge in [0.05, 0.1) is 18.9 Å². The maximum Gasteiger partial charge on any atom is 0.194 e. The first kappa shape index (κ1) is 9.88. The van der Waals surface area contributed by atoms with Crippen LogP contribution in [0.2, 0.25) is 0 Å². The molecule has 0 saturated carbocycles. The number of hydrogen-bond donors (Lipinski definition) is 2. The Morgan fingerprint density at radius 3 is 3.23 bits per heavy atom. The summed E-state index contributed by atoms with van der Waals surface area (Å²) >= 11 is 0. The zero-order valence-electron chi connectivity index (χ0n) is 7.49. The number of methoxy groups -OCH3 is 1. The highest BCUT2D eigenvalue weighted by atomic mass is 16.5. The molecule has 3 N–H and O–H groups in total. The van der Waals surface area contributed by atoms with E-state index < -0.39 is 0 Å². The van der Waals surface area contributed by atoms with Crippen molar-refractivity contribution < 1.29 is 9.53 Å². The van der Waals surface area contributed by atoms with E-state index in [2.05, 4.69) is 10.3 Å². The van der Waals surface area contributed by atoms with Gasteiger partial charge in [-0.1, -0.05) is 0 Å². The number of carbonyl (C=O) groups is 1. The second-order valence-electron chi connectivity index (χ2n) is 2.68. The first-order chi connectivity index (χ1) is 6.24. The molecule has 1 heterocycles. The van der Waals surface area contributed by atoms with E-state index in [-0.39, 0.29) is 11.8 Å². The van der Waals surface area contributed by atoms with Crippen LogP contribution in [0, 0.1) is 0 Å². The van der Waals surface area contributed by atoms with E-state index in [1.807, 2.05) is 0 Å². The molecule has 5 heteroatoms. The molecule has 0 aliphatic carbocycles. The molecule has 0 bridgehead atoms. The number of aliphatic imine (C=N–C) groups is 1. The van der Waals surface area contributed by atoms with Gasteiger partial charge >= 0.3 is 0 Å². The zero-order chi connectivity index (χ0) is 9.68. The van der Waals surface area contributed by atoms with Gasteiger partial charge in [-0.05, 0) is 6.08 Å². The highest BCUT2D eigenvalue weighted by Gasteiger charge is 2.16. The SMILES string of the molecule is COCCNC1C=C(N)N=CC1=O. The lowest BCUT2D eigenvalue weighted by Gasteiger charge is -2.14. The molecule has 1 unspecified atom stereocenters. The van der Waals surface area contributed by atoms with Crippen molar-refractivity contribution in [3.63, 3.8) is 0 Å². The predicted molar refractivity (Wildman–Crippen MR) is 49.4 cm³/mol. The van der Waals surface area contributed by atoms with Crippen LogP contribution in [-0.4, -0.2) is 38.3 Å². The monoisotopic (exact) mass is 183 g/mol. The summed E-state index contributed by atoms with van der Waals surface area (Å²) < 4.78 is 4.84. The van der Waals surface area contributed by atoms with E-state index in [0.29, 0.717) is 19.0 Å². The van der Waals surface area contributed by atoms with Gasteiger partial charge in [-0.3, -0.25) is 4.79 Å². The quantitative estimate of drug-likeness (QED) is 0.551. The van der Waals surface area contributed by atoms with Crippen LogP contribution >= 0.6 is 0 Å². The minimum Gasteiger partial charge on any atom is -0.384 e. The standard InChI is InChI=1S/C8H13N3O2/c1-13-3-2-10-6-4-8(9)11-5-7(6)12/h4-6,10H,2-3,9H2,1H3. The second-order valence-corrected chi connectivity index (χ2v) is 2.68. The molecule has 1 rings (SSSR count). The molecule has 72 valence electrons. The summed E-state index contributed by atoms with van der Waals surface area (Å²) in [6.45, 7) is 1.18. The lowest BCUT2D eigenvalue weighted by molar-refractivity contribution is -0.113. The van der Waals surface area contributed by atoms with Crippen LogP contribution in [0.25, 0.3) is 0 Å². The molecule has 1 atom stereocenters. The Bertz CT molecular complexity index is 248. The molecular formula is C8H13N3O2. The fourth-order valence-electron chi connectivity index (χ4n) is 0.990. The van der Waals surface area contributed by atoms with Crippen LogP contribution in [0.3, 0.4) is 0 Å². The molecule has 5 nitrogen and oxygen atoms in total. The number of ether oxygens (including phenoxy) is 1. The third kappa shape index (κ3) is 2.96. The number of rotatable bonds is 4. The second kappa shape index (κ2) is 4.74. The fraction of sp³-hybridized carbons (Fsp3) is 0.500. The number of nitrogens with two attached hydrogens (primary N) is 1. The minimum absolute atomic E-state index is 0.0784. The van der Waals surface area contributed by atoms with Crippen LogP contribution in [0.5, 0.6) is 0 Å². The van der Waals surface area contributed by atoms with Gasteiger partial charge < -0.3 is 15.8 Å². The molecular weight excluding hydrogens is 170 g/mol. The summed E-state index contributed by atoms with van der Waals surface area (Å²) in [7, 11) is 1.61. The first-order valence-corrected chi connectivity index (χ1v) is 4.01. The Morgan fingerprint density at radius 1 is 1.77 bits per heavy atom. The summed E-state index contributed by atoms with van der Waals surface area (Å²) in [6, 6.07) is -0.354. The van der Waals surface area contributed by atoms with E-state index in [1.165, 1.54) is 6.21 Å². The van der Waals surface area contributed by atoms with Crippen molar-refractivity contribution in [2.75, 3.05) is 20.3 Å². The van der Waals surface area contributed by atoms with Crippen molar-refractivity contribution in [2.24, 2.45) is 10.7 Å². The lowest BCUT2D eigenvalue weighted by Crippen LogP contribution is -2.39. The van der Waals surface area contributed by atoms with Crippen molar-refractivity contribution in [3.05, 3.63) is 11.9 Å². The van der Waals surface area contributed by atoms with E-state index in [9.17, 15) is 4.79 Å². The molecule has 0 aromatic heterocycles. The smallest absolute Gasteiger partial charge is 0.194 e. The average molecular weight is 183 g/mol. The third-order valence-corrected chi connectivity index (χ3v) is 1.66. The van der Waals surface area contributed by atoms with Gasteiger partial charge in [-0.15, -0.1) is 0 Å². The number of Topliss-reactive ketones (excluding diaryl/α,β-unsaturated/α-hetero) is 1. The Morgan fingerprint density at radius 2 is 2.54 bits per heavy atom. The van der Waals surface area contributed by atoms with E-state index in [1.54, 1.807) is 13.2 Å². The maximum absolute atomic E-state index is 11.2. The van der Waals surface area contributed by atoms with Crippen LogP contribution in [0.1, 0.15) is 0 Å². The molecule has 0 amide bonds. The maximum atomic E-state index is 11.2. The van der Waals surface area contributed by atoms with E-state index >= 15 is 0 Å². The van der Waals surface area contributed by atoms with Crippen LogP contribution < -0.4 is 11.1 Å². The number of carbonyl (C=O) groups excluding carboxylic acids is 1. The van der Waals surface area contributed by atoms with Gasteiger partial charge in [0.1, 0.15) is 5.82 Å². The molecule has 0 saturated heterocycles. The van der Waals surface area contributed by atoms with Crippen molar-refractivity contribution >= 4 is 12.0 Å². The Labute approximate surface area is 76.7 Å². The largest absolute Gasteiger partial charge is 0.384 e. The van der Waals surface area contributed by atoms with Crippen LogP contribution in [0.4, 0.5) is 0 Å². The van der Waals surface area contributed by atoms with Gasteiger partial charge in [0, 0.05) is 13.7 Å². The summed E-state index contributed by atoms with van der Waals surface area (Å²) in [5.41, 5.74) is 5.43. The predicted octanol–water partition coefficient (Wildman–Crippen LogP) is -0.955. The van der Waals surface area contributed by atoms with Crippen molar-refractivity contribution in [3.8, 4) is 0 Å². The van der Waals surface area contributed by atoms with Crippen molar-refractivity contribution in [1.29, 1.82) is 0 Å². The topological polar surface area (TPSA) is 76.7 Å². The average Bonchev–Trinajstić information content (AvgIpc) is 2.11. The van der Waals surface area contributed by atoms with Gasteiger partial charge in [-0.2, -0.15) is 0 Å². The van der Waals surface area contributed by atoms with Crippen LogP contribution in [-0.2, 0) is 9.53 Å². The van der Waals surface area contributed by atoms with Gasteiger partial charge in [0.2, 0.25) is 0 Å². The van der Waals surface area contributed by atoms with Crippen molar-refractivity contribution in [2.45, 2.75) is 6.04 Å².